The van der Waals surface area contributed by atoms with E-state index in [1.807, 2.05) is 19.9 Å². The summed E-state index contributed by atoms with van der Waals surface area (Å²) in [5.74, 6) is 0. The van der Waals surface area contributed by atoms with E-state index in [2.05, 4.69) is 0 Å². The smallest absolute Gasteiger partial charge is 0.243 e. The predicted molar refractivity (Wildman–Crippen MR) is 132 cm³/mol. The molecule has 9 nitrogen and oxygen atoms in total. The first-order valence-electron chi connectivity index (χ1n) is 11.5. The zero-order valence-electron chi connectivity index (χ0n) is 20.0. The van der Waals surface area contributed by atoms with Crippen molar-refractivity contribution in [1.29, 1.82) is 5.26 Å². The molecule has 0 bridgehead atoms. The molecule has 2 aromatic rings. The molecule has 190 valence electrons. The van der Waals surface area contributed by atoms with E-state index in [0.29, 0.717) is 6.42 Å². The van der Waals surface area contributed by atoms with Crippen molar-refractivity contribution in [3.05, 3.63) is 59.7 Å². The van der Waals surface area contributed by atoms with E-state index in [1.165, 1.54) is 20.7 Å². The van der Waals surface area contributed by atoms with Gasteiger partial charge in [-0.3, -0.25) is 0 Å². The molecule has 1 aliphatic heterocycles. The highest BCUT2D eigenvalue weighted by molar-refractivity contribution is 7.89. The third-order valence-electron chi connectivity index (χ3n) is 6.09. The second-order valence-corrected chi connectivity index (χ2v) is 12.6. The normalized spacial score (nSPS) is 20.5. The molecule has 1 heterocycles. The number of nitriles is 1. The molecule has 1 atom stereocenters. The Morgan fingerprint density at radius 1 is 0.743 bits per heavy atom. The largest absolute Gasteiger partial charge is 0.313 e. The number of nitrogens with zero attached hydrogens (tertiary/aromatic N) is 4. The Bertz CT molecular complexity index is 1240. The summed E-state index contributed by atoms with van der Waals surface area (Å²) in [5, 5.41) is 20.8. The maximum absolute atomic E-state index is 13.4. The summed E-state index contributed by atoms with van der Waals surface area (Å²) >= 11 is 0. The standard InChI is InChI=1S/C24H32N4O5S2/c1-20-5-9-23(10-6-20)34(30,31)26-14-3-15-27(18-13-22(19-25)28(29)17-4-16-26)35(32,33)24-11-7-21(2)8-12-24/h5-12,22,29H,3-4,13-18H2,1-2H3. The van der Waals surface area contributed by atoms with Crippen LogP contribution in [0.4, 0.5) is 0 Å². The Kier molecular flexibility index (Phi) is 9.04. The zero-order valence-corrected chi connectivity index (χ0v) is 21.7. The van der Waals surface area contributed by atoms with Crippen molar-refractivity contribution in [3.63, 3.8) is 0 Å². The lowest BCUT2D eigenvalue weighted by Gasteiger charge is -2.29. The van der Waals surface area contributed by atoms with E-state index in [9.17, 15) is 27.3 Å². The molecule has 1 aliphatic rings. The van der Waals surface area contributed by atoms with Gasteiger partial charge in [0, 0.05) is 32.7 Å². The number of rotatable bonds is 4. The van der Waals surface area contributed by atoms with Gasteiger partial charge in [0.2, 0.25) is 20.0 Å². The number of sulfonamides is 2. The maximum Gasteiger partial charge on any atom is 0.243 e. The summed E-state index contributed by atoms with van der Waals surface area (Å²) in [4.78, 5) is 0.295. The summed E-state index contributed by atoms with van der Waals surface area (Å²) in [6, 6.07) is 14.2. The second kappa shape index (κ2) is 11.6. The first-order chi connectivity index (χ1) is 16.6. The van der Waals surface area contributed by atoms with Crippen LogP contribution in [-0.4, -0.2) is 74.5 Å². The van der Waals surface area contributed by atoms with E-state index in [0.717, 1.165) is 16.2 Å². The lowest BCUT2D eigenvalue weighted by molar-refractivity contribution is -0.114. The minimum absolute atomic E-state index is 0.0240. The van der Waals surface area contributed by atoms with Crippen LogP contribution in [0.15, 0.2) is 58.3 Å². The minimum atomic E-state index is -3.87. The lowest BCUT2D eigenvalue weighted by atomic mass is 10.2. The molecule has 0 saturated carbocycles. The van der Waals surface area contributed by atoms with E-state index in [1.54, 1.807) is 36.4 Å². The monoisotopic (exact) mass is 520 g/mol. The first-order valence-corrected chi connectivity index (χ1v) is 14.4. The molecular weight excluding hydrogens is 488 g/mol. The number of aryl methyl sites for hydroxylation is 2. The molecule has 35 heavy (non-hydrogen) atoms. The van der Waals surface area contributed by atoms with Gasteiger partial charge < -0.3 is 5.21 Å². The lowest BCUT2D eigenvalue weighted by Crippen LogP contribution is -2.42. The molecule has 1 N–H and O–H groups in total. The molecule has 0 amide bonds. The highest BCUT2D eigenvalue weighted by atomic mass is 32.2. The molecule has 1 fully saturated rings. The summed E-state index contributed by atoms with van der Waals surface area (Å²) in [7, 11) is -7.68. The average Bonchev–Trinajstić information content (AvgIpc) is 2.81. The van der Waals surface area contributed by atoms with Crippen molar-refractivity contribution < 1.29 is 22.0 Å². The van der Waals surface area contributed by atoms with E-state index in [-0.39, 0.29) is 55.4 Å². The fraction of sp³-hybridized carbons (Fsp3) is 0.458. The molecule has 0 radical (unpaired) electrons. The Morgan fingerprint density at radius 3 is 1.57 bits per heavy atom. The maximum atomic E-state index is 13.4. The molecule has 3 rings (SSSR count). The van der Waals surface area contributed by atoms with Gasteiger partial charge in [-0.25, -0.2) is 16.8 Å². The van der Waals surface area contributed by atoms with Gasteiger partial charge in [0.1, 0.15) is 6.04 Å². The van der Waals surface area contributed by atoms with Gasteiger partial charge in [-0.05, 0) is 57.4 Å². The van der Waals surface area contributed by atoms with Crippen LogP contribution in [0.5, 0.6) is 0 Å². The van der Waals surface area contributed by atoms with E-state index in [4.69, 9.17) is 0 Å². The van der Waals surface area contributed by atoms with Crippen molar-refractivity contribution in [2.45, 2.75) is 48.9 Å². The Balaban J connectivity index is 1.89. The Hall–Kier alpha value is -2.33. The Morgan fingerprint density at radius 2 is 1.14 bits per heavy atom. The molecule has 0 aliphatic carbocycles. The third-order valence-corrected chi connectivity index (χ3v) is 9.91. The van der Waals surface area contributed by atoms with Crippen LogP contribution >= 0.6 is 0 Å². The molecule has 1 saturated heterocycles. The molecule has 11 heteroatoms. The van der Waals surface area contributed by atoms with E-state index >= 15 is 0 Å². The first kappa shape index (κ1) is 27.3. The van der Waals surface area contributed by atoms with Crippen LogP contribution < -0.4 is 0 Å². The molecule has 1 unspecified atom stereocenters. The quantitative estimate of drug-likeness (QED) is 0.658. The SMILES string of the molecule is Cc1ccc(S(=O)(=O)N2CCCN(O)C(C#N)CCN(S(=O)(=O)c3ccc(C)cc3)CCC2)cc1. The molecule has 0 spiro atoms. The average molecular weight is 521 g/mol. The summed E-state index contributed by atoms with van der Waals surface area (Å²) in [6.45, 7) is 4.19. The summed E-state index contributed by atoms with van der Waals surface area (Å²) in [6.07, 6.45) is 0.741. The number of benzene rings is 2. The highest BCUT2D eigenvalue weighted by Crippen LogP contribution is 2.21. The fourth-order valence-electron chi connectivity index (χ4n) is 3.96. The van der Waals surface area contributed by atoms with Crippen molar-refractivity contribution in [1.82, 2.24) is 13.7 Å². The summed E-state index contributed by atoms with van der Waals surface area (Å²) < 4.78 is 55.9. The minimum Gasteiger partial charge on any atom is -0.313 e. The van der Waals surface area contributed by atoms with Crippen molar-refractivity contribution in [3.8, 4) is 6.07 Å². The van der Waals surface area contributed by atoms with Gasteiger partial charge >= 0.3 is 0 Å². The van der Waals surface area contributed by atoms with Gasteiger partial charge in [-0.15, -0.1) is 0 Å². The van der Waals surface area contributed by atoms with Gasteiger partial charge in [0.25, 0.3) is 0 Å². The zero-order chi connectivity index (χ0) is 25.6. The summed E-state index contributed by atoms with van der Waals surface area (Å²) in [5.41, 5.74) is 1.86. The number of hydrogen-bond donors (Lipinski definition) is 1. The number of hydrogen-bond acceptors (Lipinski definition) is 7. The molecule has 0 aromatic heterocycles. The van der Waals surface area contributed by atoms with Gasteiger partial charge in [0.05, 0.1) is 15.9 Å². The van der Waals surface area contributed by atoms with Gasteiger partial charge in [-0.2, -0.15) is 18.9 Å². The third kappa shape index (κ3) is 6.67. The topological polar surface area (TPSA) is 122 Å². The van der Waals surface area contributed by atoms with Crippen molar-refractivity contribution in [2.75, 3.05) is 32.7 Å². The fourth-order valence-corrected chi connectivity index (χ4v) is 6.97. The van der Waals surface area contributed by atoms with Crippen LogP contribution in [0.1, 0.15) is 30.4 Å². The molecular formula is C24H32N4O5S2. The number of hydroxylamine groups is 2. The highest BCUT2D eigenvalue weighted by Gasteiger charge is 2.29. The second-order valence-electron chi connectivity index (χ2n) is 8.74. The van der Waals surface area contributed by atoms with Crippen LogP contribution in [0.2, 0.25) is 0 Å². The van der Waals surface area contributed by atoms with Crippen LogP contribution in [-0.2, 0) is 20.0 Å². The predicted octanol–water partition coefficient (Wildman–Crippen LogP) is 2.75. The van der Waals surface area contributed by atoms with Crippen molar-refractivity contribution in [2.24, 2.45) is 0 Å². The molecule has 2 aromatic carbocycles. The van der Waals surface area contributed by atoms with Gasteiger partial charge in [-0.1, -0.05) is 35.4 Å². The van der Waals surface area contributed by atoms with Crippen molar-refractivity contribution >= 4 is 20.0 Å². The Labute approximate surface area is 208 Å². The van der Waals surface area contributed by atoms with Crippen LogP contribution in [0.25, 0.3) is 0 Å². The van der Waals surface area contributed by atoms with Crippen LogP contribution in [0.3, 0.4) is 0 Å². The van der Waals surface area contributed by atoms with Crippen LogP contribution in [0, 0.1) is 25.2 Å². The van der Waals surface area contributed by atoms with E-state index < -0.39 is 26.1 Å². The van der Waals surface area contributed by atoms with Gasteiger partial charge in [0.15, 0.2) is 0 Å².